The number of nitrogens with two attached hydrogens (primary N) is 1. The third kappa shape index (κ3) is 4.03. The van der Waals surface area contributed by atoms with Gasteiger partial charge in [0.15, 0.2) is 0 Å². The molecule has 0 unspecified atom stereocenters. The summed E-state index contributed by atoms with van der Waals surface area (Å²) in [6.45, 7) is 0. The highest BCUT2D eigenvalue weighted by molar-refractivity contribution is 6.18. The second kappa shape index (κ2) is 7.06. The van der Waals surface area contributed by atoms with Crippen LogP contribution in [0.3, 0.4) is 0 Å². The molecule has 0 aromatic carbocycles. The van der Waals surface area contributed by atoms with E-state index in [-0.39, 0.29) is 12.4 Å². The van der Waals surface area contributed by atoms with Crippen molar-refractivity contribution in [1.29, 1.82) is 0 Å². The molecule has 0 saturated heterocycles. The van der Waals surface area contributed by atoms with Crippen LogP contribution >= 0.6 is 35.6 Å². The third-order valence-electron chi connectivity index (χ3n) is 2.44. The smallest absolute Gasteiger partial charge is 0.321 e. The lowest BCUT2D eigenvalue weighted by molar-refractivity contribution is 0.410. The Labute approximate surface area is 114 Å². The van der Waals surface area contributed by atoms with Crippen LogP contribution in [-0.2, 0) is 5.54 Å². The summed E-state index contributed by atoms with van der Waals surface area (Å²) in [6, 6.07) is 0. The topological polar surface area (TPSA) is 91.7 Å². The predicted molar refractivity (Wildman–Crippen MR) is 71.5 cm³/mol. The van der Waals surface area contributed by atoms with Crippen LogP contribution in [0.4, 0.5) is 0 Å². The van der Waals surface area contributed by atoms with Gasteiger partial charge in [-0.1, -0.05) is 0 Å². The molecule has 5 nitrogen and oxygen atoms in total. The van der Waals surface area contributed by atoms with Crippen molar-refractivity contribution in [2.75, 3.05) is 11.8 Å². The molecule has 0 atom stereocenters. The predicted octanol–water partition coefficient (Wildman–Crippen LogP) is 0.897. The van der Waals surface area contributed by atoms with Crippen LogP contribution in [0, 0.1) is 0 Å². The van der Waals surface area contributed by atoms with Crippen molar-refractivity contribution >= 4 is 35.6 Å². The number of aromatic amines is 2. The molecule has 1 rings (SSSR count). The monoisotopic (exact) mass is 301 g/mol. The molecule has 17 heavy (non-hydrogen) atoms. The Balaban J connectivity index is 0.00000256. The van der Waals surface area contributed by atoms with E-state index in [1.54, 1.807) is 0 Å². The van der Waals surface area contributed by atoms with Crippen molar-refractivity contribution in [1.82, 2.24) is 9.97 Å². The first kappa shape index (κ1) is 16.5. The molecule has 0 aliphatic carbocycles. The van der Waals surface area contributed by atoms with Gasteiger partial charge in [-0.3, -0.25) is 9.78 Å². The average molecular weight is 303 g/mol. The van der Waals surface area contributed by atoms with E-state index in [2.05, 4.69) is 9.97 Å². The molecule has 1 heterocycles. The van der Waals surface area contributed by atoms with E-state index in [0.29, 0.717) is 30.2 Å². The summed E-state index contributed by atoms with van der Waals surface area (Å²) in [6.07, 6.45) is 2.15. The summed E-state index contributed by atoms with van der Waals surface area (Å²) in [4.78, 5) is 27.0. The number of H-pyrrole nitrogens is 2. The van der Waals surface area contributed by atoms with Gasteiger partial charge in [0.1, 0.15) is 0 Å². The minimum Gasteiger partial charge on any atom is -0.321 e. The van der Waals surface area contributed by atoms with Crippen LogP contribution < -0.4 is 17.0 Å². The molecule has 0 radical (unpaired) electrons. The van der Waals surface area contributed by atoms with Gasteiger partial charge in [-0.25, -0.2) is 4.79 Å². The van der Waals surface area contributed by atoms with Gasteiger partial charge in [-0.05, 0) is 12.8 Å². The summed E-state index contributed by atoms with van der Waals surface area (Å²) in [5.41, 5.74) is 4.42. The molecule has 0 amide bonds. The van der Waals surface area contributed by atoms with E-state index in [1.807, 2.05) is 0 Å². The van der Waals surface area contributed by atoms with Crippen molar-refractivity contribution in [3.63, 3.8) is 0 Å². The van der Waals surface area contributed by atoms with E-state index >= 15 is 0 Å². The zero-order valence-electron chi connectivity index (χ0n) is 8.96. The highest BCUT2D eigenvalue weighted by atomic mass is 35.5. The van der Waals surface area contributed by atoms with Gasteiger partial charge >= 0.3 is 5.69 Å². The average Bonchev–Trinajstić information content (AvgIpc) is 2.17. The highest BCUT2D eigenvalue weighted by Gasteiger charge is 2.29. The first-order chi connectivity index (χ1) is 7.53. The molecular weight excluding hydrogens is 288 g/mol. The SMILES string of the molecule is Cl.NC(CCCl)(CCCl)c1c[nH]c(=O)[nH]c1=O. The van der Waals surface area contributed by atoms with Gasteiger partial charge < -0.3 is 10.7 Å². The second-order valence-corrected chi connectivity index (χ2v) is 4.28. The van der Waals surface area contributed by atoms with Crippen molar-refractivity contribution in [3.05, 3.63) is 32.6 Å². The quantitative estimate of drug-likeness (QED) is 0.706. The van der Waals surface area contributed by atoms with Gasteiger partial charge in [0.05, 0.1) is 11.1 Å². The molecule has 0 saturated carbocycles. The largest absolute Gasteiger partial charge is 0.325 e. The number of hydrogen-bond donors (Lipinski definition) is 3. The number of halogens is 3. The van der Waals surface area contributed by atoms with Gasteiger partial charge in [0.25, 0.3) is 5.56 Å². The van der Waals surface area contributed by atoms with Crippen LogP contribution in [0.25, 0.3) is 0 Å². The lowest BCUT2D eigenvalue weighted by Crippen LogP contribution is -2.44. The molecule has 1 aromatic heterocycles. The molecule has 8 heteroatoms. The molecule has 0 spiro atoms. The highest BCUT2D eigenvalue weighted by Crippen LogP contribution is 2.23. The van der Waals surface area contributed by atoms with E-state index in [9.17, 15) is 9.59 Å². The summed E-state index contributed by atoms with van der Waals surface area (Å²) in [5, 5.41) is 0. The molecule has 0 aliphatic rings. The van der Waals surface area contributed by atoms with Crippen LogP contribution in [0.2, 0.25) is 0 Å². The Bertz CT molecular complexity index is 451. The normalized spacial score (nSPS) is 11.0. The third-order valence-corrected chi connectivity index (χ3v) is 2.81. The Morgan fingerprint density at radius 1 is 1.24 bits per heavy atom. The van der Waals surface area contributed by atoms with E-state index in [1.165, 1.54) is 6.20 Å². The van der Waals surface area contributed by atoms with Gasteiger partial charge in [-0.2, -0.15) is 0 Å². The Morgan fingerprint density at radius 2 is 1.76 bits per heavy atom. The lowest BCUT2D eigenvalue weighted by atomic mass is 9.87. The van der Waals surface area contributed by atoms with Crippen molar-refractivity contribution in [3.8, 4) is 0 Å². The van der Waals surface area contributed by atoms with E-state index in [4.69, 9.17) is 28.9 Å². The van der Waals surface area contributed by atoms with Gasteiger partial charge in [0, 0.05) is 18.0 Å². The first-order valence-corrected chi connectivity index (χ1v) is 5.83. The van der Waals surface area contributed by atoms with E-state index < -0.39 is 16.8 Å². The first-order valence-electron chi connectivity index (χ1n) is 4.77. The fourth-order valence-corrected chi connectivity index (χ4v) is 2.19. The number of aromatic nitrogens is 2. The van der Waals surface area contributed by atoms with Crippen LogP contribution in [0.1, 0.15) is 18.4 Å². The maximum Gasteiger partial charge on any atom is 0.325 e. The Kier molecular flexibility index (Phi) is 6.85. The molecule has 98 valence electrons. The minimum atomic E-state index is -0.902. The van der Waals surface area contributed by atoms with Gasteiger partial charge in [0.2, 0.25) is 0 Å². The van der Waals surface area contributed by atoms with Crippen LogP contribution in [0.15, 0.2) is 15.8 Å². The fraction of sp³-hybridized carbons (Fsp3) is 0.556. The zero-order chi connectivity index (χ0) is 12.2. The number of nitrogens with one attached hydrogen (secondary N) is 2. The fourth-order valence-electron chi connectivity index (χ4n) is 1.51. The molecular formula is C9H14Cl3N3O2. The number of hydrogen-bond acceptors (Lipinski definition) is 3. The standard InChI is InChI=1S/C9H13Cl2N3O2.ClH/c10-3-1-9(12,2-4-11)6-5-13-8(16)14-7(6)15;/h5H,1-4,12H2,(H2,13,14,15,16);1H. The van der Waals surface area contributed by atoms with E-state index in [0.717, 1.165) is 0 Å². The van der Waals surface area contributed by atoms with Crippen molar-refractivity contribution < 1.29 is 0 Å². The summed E-state index contributed by atoms with van der Waals surface area (Å²) in [7, 11) is 0. The van der Waals surface area contributed by atoms with Crippen LogP contribution in [-0.4, -0.2) is 21.7 Å². The maximum absolute atomic E-state index is 11.6. The number of alkyl halides is 2. The molecule has 4 N–H and O–H groups in total. The van der Waals surface area contributed by atoms with Gasteiger partial charge in [-0.15, -0.1) is 35.6 Å². The molecule has 1 aromatic rings. The van der Waals surface area contributed by atoms with Crippen LogP contribution in [0.5, 0.6) is 0 Å². The molecule has 0 fully saturated rings. The maximum atomic E-state index is 11.6. The lowest BCUT2D eigenvalue weighted by Gasteiger charge is -2.27. The van der Waals surface area contributed by atoms with Crippen molar-refractivity contribution in [2.24, 2.45) is 5.73 Å². The summed E-state index contributed by atoms with van der Waals surface area (Å²) < 4.78 is 0. The summed E-state index contributed by atoms with van der Waals surface area (Å²) in [5.74, 6) is 0.623. The second-order valence-electron chi connectivity index (χ2n) is 3.52. The molecule has 0 aliphatic heterocycles. The Morgan fingerprint density at radius 3 is 2.18 bits per heavy atom. The Hall–Kier alpha value is -0.490. The van der Waals surface area contributed by atoms with Crippen molar-refractivity contribution in [2.45, 2.75) is 18.4 Å². The molecule has 0 bridgehead atoms. The summed E-state index contributed by atoms with van der Waals surface area (Å²) >= 11 is 11.3. The number of rotatable bonds is 5. The zero-order valence-corrected chi connectivity index (χ0v) is 11.3. The minimum absolute atomic E-state index is 0.